The van der Waals surface area contributed by atoms with Gasteiger partial charge in [-0.1, -0.05) is 36.4 Å². The third kappa shape index (κ3) is 4.76. The van der Waals surface area contributed by atoms with Crippen molar-refractivity contribution in [2.24, 2.45) is 11.8 Å². The number of nitrogens with one attached hydrogen (secondary N) is 1. The fraction of sp³-hybridized carbons (Fsp3) is 0.500. The van der Waals surface area contributed by atoms with Gasteiger partial charge in [-0.2, -0.15) is 0 Å². The van der Waals surface area contributed by atoms with Crippen LogP contribution in [0.25, 0.3) is 16.6 Å². The third-order valence-electron chi connectivity index (χ3n) is 8.27. The van der Waals surface area contributed by atoms with E-state index in [2.05, 4.69) is 53.3 Å². The second-order valence-corrected chi connectivity index (χ2v) is 10.7. The van der Waals surface area contributed by atoms with Crippen LogP contribution in [-0.4, -0.2) is 59.9 Å². The summed E-state index contributed by atoms with van der Waals surface area (Å²) in [4.78, 5) is 10.6. The van der Waals surface area contributed by atoms with Crippen LogP contribution in [0.5, 0.6) is 11.5 Å². The minimum Gasteiger partial charge on any atom is -0.493 e. The first-order valence-electron chi connectivity index (χ1n) is 13.2. The van der Waals surface area contributed by atoms with E-state index in [4.69, 9.17) is 14.5 Å². The molecule has 1 fully saturated rings. The summed E-state index contributed by atoms with van der Waals surface area (Å²) in [7, 11) is 5.47. The summed E-state index contributed by atoms with van der Waals surface area (Å²) in [5, 5.41) is 11.6. The van der Waals surface area contributed by atoms with Crippen LogP contribution in [0.2, 0.25) is 0 Å². The minimum atomic E-state index is -0.582. The summed E-state index contributed by atoms with van der Waals surface area (Å²) >= 11 is 0. The van der Waals surface area contributed by atoms with Gasteiger partial charge in [0.05, 0.1) is 25.3 Å². The molecule has 2 bridgehead atoms. The normalized spacial score (nSPS) is 23.3. The Bertz CT molecular complexity index is 1240. The van der Waals surface area contributed by atoms with Crippen LogP contribution in [0, 0.1) is 18.8 Å². The van der Waals surface area contributed by atoms with Crippen LogP contribution in [0.3, 0.4) is 0 Å². The first kappa shape index (κ1) is 24.8. The summed E-state index contributed by atoms with van der Waals surface area (Å²) in [5.74, 6) is 3.12. The zero-order valence-corrected chi connectivity index (χ0v) is 22.0. The summed E-state index contributed by atoms with van der Waals surface area (Å²) in [6, 6.07) is 12.7. The molecule has 36 heavy (non-hydrogen) atoms. The Morgan fingerprint density at radius 2 is 1.94 bits per heavy atom. The molecule has 0 spiro atoms. The van der Waals surface area contributed by atoms with E-state index in [1.165, 1.54) is 17.6 Å². The Morgan fingerprint density at radius 1 is 1.14 bits per heavy atom. The molecule has 2 N–H and O–H groups in total. The molecule has 0 saturated heterocycles. The summed E-state index contributed by atoms with van der Waals surface area (Å²) in [6.07, 6.45) is 8.23. The lowest BCUT2D eigenvalue weighted by Gasteiger charge is -2.48. The lowest BCUT2D eigenvalue weighted by atomic mass is 9.61. The van der Waals surface area contributed by atoms with Crippen LogP contribution < -0.4 is 9.47 Å². The highest BCUT2D eigenvalue weighted by molar-refractivity contribution is 5.87. The van der Waals surface area contributed by atoms with Crippen LogP contribution >= 0.6 is 0 Å². The molecular formula is C30H39N3O3. The smallest absolute Gasteiger partial charge is 0.186 e. The molecular weight excluding hydrogens is 450 g/mol. The number of nitrogens with zero attached hydrogens (tertiary/aromatic N) is 2. The van der Waals surface area contributed by atoms with E-state index in [1.807, 2.05) is 13.0 Å². The lowest BCUT2D eigenvalue weighted by molar-refractivity contribution is -0.0574. The maximum atomic E-state index is 11.6. The van der Waals surface area contributed by atoms with Crippen molar-refractivity contribution < 1.29 is 14.6 Å². The van der Waals surface area contributed by atoms with E-state index in [0.717, 1.165) is 73.4 Å². The number of ether oxygens (including phenoxy) is 2. The molecule has 6 nitrogen and oxygen atoms in total. The Kier molecular flexibility index (Phi) is 7.09. The van der Waals surface area contributed by atoms with E-state index < -0.39 is 5.60 Å². The number of methoxy groups -OCH3 is 2. The fourth-order valence-corrected chi connectivity index (χ4v) is 6.25. The summed E-state index contributed by atoms with van der Waals surface area (Å²) < 4.78 is 11.1. The second-order valence-electron chi connectivity index (χ2n) is 10.7. The van der Waals surface area contributed by atoms with Gasteiger partial charge in [0.25, 0.3) is 0 Å². The Morgan fingerprint density at radius 3 is 2.64 bits per heavy atom. The molecule has 1 heterocycles. The number of aromatic nitrogens is 2. The first-order valence-corrected chi connectivity index (χ1v) is 13.2. The molecule has 2 aromatic carbocycles. The predicted molar refractivity (Wildman–Crippen MR) is 145 cm³/mol. The largest absolute Gasteiger partial charge is 0.493 e. The average Bonchev–Trinajstić information content (AvgIpc) is 3.33. The number of hydrogen-bond donors (Lipinski definition) is 2. The van der Waals surface area contributed by atoms with Gasteiger partial charge < -0.3 is 24.5 Å². The molecule has 0 amide bonds. The molecule has 6 heteroatoms. The Hall–Kier alpha value is -2.83. The van der Waals surface area contributed by atoms with Gasteiger partial charge in [0.2, 0.25) is 0 Å². The summed E-state index contributed by atoms with van der Waals surface area (Å²) in [6.45, 7) is 3.91. The van der Waals surface area contributed by atoms with Crippen molar-refractivity contribution in [2.75, 3.05) is 34.4 Å². The number of benzene rings is 2. The van der Waals surface area contributed by atoms with Crippen molar-refractivity contribution in [3.05, 3.63) is 59.4 Å². The van der Waals surface area contributed by atoms with Gasteiger partial charge in [0, 0.05) is 18.9 Å². The highest BCUT2D eigenvalue weighted by Gasteiger charge is 2.46. The van der Waals surface area contributed by atoms with Gasteiger partial charge in [-0.3, -0.25) is 0 Å². The zero-order chi connectivity index (χ0) is 25.3. The van der Waals surface area contributed by atoms with Gasteiger partial charge in [0.15, 0.2) is 11.5 Å². The zero-order valence-electron chi connectivity index (χ0n) is 22.0. The van der Waals surface area contributed by atoms with Gasteiger partial charge in [-0.15, -0.1) is 0 Å². The number of fused-ring (bicyclic) bond motifs is 3. The monoisotopic (exact) mass is 489 g/mol. The number of hydrogen-bond acceptors (Lipinski definition) is 5. The summed E-state index contributed by atoms with van der Waals surface area (Å²) in [5.41, 5.74) is 5.09. The number of imidazole rings is 1. The topological polar surface area (TPSA) is 70.6 Å². The average molecular weight is 490 g/mol. The van der Waals surface area contributed by atoms with Crippen molar-refractivity contribution in [1.29, 1.82) is 0 Å². The molecule has 192 valence electrons. The van der Waals surface area contributed by atoms with Crippen molar-refractivity contribution in [3.8, 4) is 11.5 Å². The van der Waals surface area contributed by atoms with E-state index >= 15 is 0 Å². The Balaban J connectivity index is 1.16. The molecule has 0 unspecified atom stereocenters. The number of H-pyrrole nitrogens is 1. The fourth-order valence-electron chi connectivity index (χ4n) is 6.25. The lowest BCUT2D eigenvalue weighted by Crippen LogP contribution is -2.48. The molecule has 3 aliphatic carbocycles. The molecule has 0 aliphatic heterocycles. The molecule has 0 radical (unpaired) electrons. The molecule has 3 aromatic rings. The van der Waals surface area contributed by atoms with E-state index in [9.17, 15) is 5.11 Å². The van der Waals surface area contributed by atoms with Crippen molar-refractivity contribution >= 4 is 16.6 Å². The maximum absolute atomic E-state index is 11.6. The number of aromatic amines is 1. The molecule has 3 atom stereocenters. The number of allylic oxidation sites excluding steroid dienone is 1. The van der Waals surface area contributed by atoms with E-state index in [-0.39, 0.29) is 5.92 Å². The van der Waals surface area contributed by atoms with E-state index in [0.29, 0.717) is 11.7 Å². The number of rotatable bonds is 10. The minimum absolute atomic E-state index is 0.261. The van der Waals surface area contributed by atoms with Crippen LogP contribution in [0.1, 0.15) is 49.1 Å². The number of aryl methyl sites for hydroxylation is 2. The van der Waals surface area contributed by atoms with E-state index in [1.54, 1.807) is 14.2 Å². The standard InChI is InChI=1S/C30H39N3O3/c1-20-17-25(35-3)29(36-4)28-27(20)31-26(32-28)11-8-15-33(2)16-14-30(34)19-22-12-13-23(30)18-24(22)21-9-6-5-7-10-21/h5-7,9-10,17-18,22-23,34H,8,11-16,19H2,1-4H3,(H,31,32)/t22-,23+,30-/m1/s1. The molecule has 1 saturated carbocycles. The SMILES string of the molecule is COc1cc(C)c2nc(CCCN(C)CC[C@@]3(O)C[C@H]4CC[C@H]3C=C4c3ccccc3)[nH]c2c1OC. The first-order chi connectivity index (χ1) is 17.4. The Labute approximate surface area is 214 Å². The van der Waals surface area contributed by atoms with Crippen LogP contribution in [-0.2, 0) is 6.42 Å². The number of aliphatic hydroxyl groups is 1. The van der Waals surface area contributed by atoms with Crippen molar-refractivity contribution in [2.45, 2.75) is 51.0 Å². The van der Waals surface area contributed by atoms with Gasteiger partial charge in [-0.05, 0) is 81.3 Å². The molecule has 6 rings (SSSR count). The maximum Gasteiger partial charge on any atom is 0.186 e. The second kappa shape index (κ2) is 10.3. The highest BCUT2D eigenvalue weighted by atomic mass is 16.5. The van der Waals surface area contributed by atoms with Gasteiger partial charge >= 0.3 is 0 Å². The highest BCUT2D eigenvalue weighted by Crippen LogP contribution is 2.51. The third-order valence-corrected chi connectivity index (χ3v) is 8.27. The molecule has 3 aliphatic rings. The van der Waals surface area contributed by atoms with Crippen molar-refractivity contribution in [1.82, 2.24) is 14.9 Å². The molecule has 1 aromatic heterocycles. The van der Waals surface area contributed by atoms with Crippen LogP contribution in [0.4, 0.5) is 0 Å². The quantitative estimate of drug-likeness (QED) is 0.400. The van der Waals surface area contributed by atoms with Crippen LogP contribution in [0.15, 0.2) is 42.5 Å². The van der Waals surface area contributed by atoms with Gasteiger partial charge in [0.1, 0.15) is 11.3 Å². The predicted octanol–water partition coefficient (Wildman–Crippen LogP) is 5.39. The van der Waals surface area contributed by atoms with Gasteiger partial charge in [-0.25, -0.2) is 4.98 Å². The van der Waals surface area contributed by atoms with Crippen molar-refractivity contribution in [3.63, 3.8) is 0 Å².